The van der Waals surface area contributed by atoms with Crippen molar-refractivity contribution in [2.45, 2.75) is 31.9 Å². The van der Waals surface area contributed by atoms with Gasteiger partial charge in [0.15, 0.2) is 0 Å². The second kappa shape index (κ2) is 8.61. The van der Waals surface area contributed by atoms with Gasteiger partial charge < -0.3 is 15.3 Å². The van der Waals surface area contributed by atoms with E-state index in [2.05, 4.69) is 5.32 Å². The topological polar surface area (TPSA) is 69.6 Å². The van der Waals surface area contributed by atoms with Crippen LogP contribution in [0.15, 0.2) is 24.3 Å². The molecular weight excluding hydrogens is 318 g/mol. The molecule has 1 fully saturated rings. The third-order valence-electron chi connectivity index (χ3n) is 4.29. The maximum absolute atomic E-state index is 14.5. The number of benzene rings is 1. The van der Waals surface area contributed by atoms with Crippen molar-refractivity contribution in [3.05, 3.63) is 35.6 Å². The van der Waals surface area contributed by atoms with Crippen LogP contribution in [0.3, 0.4) is 0 Å². The number of nitrogens with one attached hydrogen (secondary N) is 1. The fraction of sp³-hybridized carbons (Fsp3) is 0.529. The summed E-state index contributed by atoms with van der Waals surface area (Å²) in [6.45, 7) is 1.11. The van der Waals surface area contributed by atoms with Crippen molar-refractivity contribution in [2.24, 2.45) is 5.92 Å². The van der Waals surface area contributed by atoms with Crippen LogP contribution in [-0.2, 0) is 4.79 Å². The number of urea groups is 1. The van der Waals surface area contributed by atoms with E-state index in [1.165, 1.54) is 18.2 Å². The number of carboxylic acids is 1. The summed E-state index contributed by atoms with van der Waals surface area (Å²) in [6, 6.07) is 5.59. The van der Waals surface area contributed by atoms with Crippen LogP contribution < -0.4 is 5.32 Å². The van der Waals surface area contributed by atoms with Crippen LogP contribution in [0.5, 0.6) is 0 Å². The molecule has 7 heteroatoms. The number of aliphatic carboxylic acids is 1. The summed E-state index contributed by atoms with van der Waals surface area (Å²) in [5, 5.41) is 11.2. The second-order valence-electron chi connectivity index (χ2n) is 5.98. The molecule has 0 bridgehead atoms. The highest BCUT2D eigenvalue weighted by Gasteiger charge is 2.30. The van der Waals surface area contributed by atoms with E-state index in [9.17, 15) is 18.4 Å². The van der Waals surface area contributed by atoms with Gasteiger partial charge in [-0.15, -0.1) is 0 Å². The fourth-order valence-electron chi connectivity index (χ4n) is 2.89. The van der Waals surface area contributed by atoms with Crippen LogP contribution in [0.1, 0.15) is 37.4 Å². The zero-order valence-corrected chi connectivity index (χ0v) is 13.4. The van der Waals surface area contributed by atoms with Gasteiger partial charge in [-0.1, -0.05) is 18.2 Å². The van der Waals surface area contributed by atoms with Gasteiger partial charge in [0.2, 0.25) is 0 Å². The van der Waals surface area contributed by atoms with Gasteiger partial charge >= 0.3 is 12.0 Å². The van der Waals surface area contributed by atoms with Gasteiger partial charge in [-0.3, -0.25) is 4.79 Å². The number of carboxylic acid groups (broad SMARTS) is 1. The average molecular weight is 340 g/mol. The van der Waals surface area contributed by atoms with E-state index >= 15 is 0 Å². The van der Waals surface area contributed by atoms with Crippen molar-refractivity contribution in [3.8, 4) is 0 Å². The van der Waals surface area contributed by atoms with Crippen LogP contribution in [0.2, 0.25) is 0 Å². The summed E-state index contributed by atoms with van der Waals surface area (Å²) < 4.78 is 28.2. The number of likely N-dealkylation sites (tertiary alicyclic amines) is 1. The summed E-state index contributed by atoms with van der Waals surface area (Å²) in [6.07, 6.45) is -0.0471. The van der Waals surface area contributed by atoms with Crippen LogP contribution in [-0.4, -0.2) is 41.6 Å². The van der Waals surface area contributed by atoms with Crippen molar-refractivity contribution < 1.29 is 23.5 Å². The predicted molar refractivity (Wildman–Crippen MR) is 84.8 cm³/mol. The second-order valence-corrected chi connectivity index (χ2v) is 5.98. The Morgan fingerprint density at radius 2 is 1.96 bits per heavy atom. The molecule has 132 valence electrons. The minimum absolute atomic E-state index is 0.00846. The van der Waals surface area contributed by atoms with Crippen molar-refractivity contribution in [1.82, 2.24) is 10.2 Å². The summed E-state index contributed by atoms with van der Waals surface area (Å²) in [7, 11) is 0. The minimum atomic E-state index is -1.37. The number of carbonyl (C=O) groups excluding carboxylic acids is 1. The van der Waals surface area contributed by atoms with Gasteiger partial charge in [-0.2, -0.15) is 0 Å². The molecule has 0 radical (unpaired) electrons. The molecule has 1 saturated heterocycles. The molecule has 0 spiro atoms. The lowest BCUT2D eigenvalue weighted by atomic mass is 9.88. The molecule has 1 aromatic carbocycles. The number of nitrogens with zero attached hydrogens (tertiary/aromatic N) is 1. The lowest BCUT2D eigenvalue weighted by Gasteiger charge is -2.33. The molecule has 2 rings (SSSR count). The molecule has 1 unspecified atom stereocenters. The Kier molecular flexibility index (Phi) is 6.52. The van der Waals surface area contributed by atoms with Crippen molar-refractivity contribution >= 4 is 12.0 Å². The zero-order chi connectivity index (χ0) is 17.5. The molecule has 24 heavy (non-hydrogen) atoms. The van der Waals surface area contributed by atoms with Gasteiger partial charge in [0.05, 0.1) is 0 Å². The normalized spacial score (nSPS) is 16.7. The Bertz CT molecular complexity index is 575. The SMILES string of the molecule is O=C(O)CCCNC(=O)N1CCC(C(F)c2ccccc2F)CC1. The van der Waals surface area contributed by atoms with Crippen LogP contribution >= 0.6 is 0 Å². The summed E-state index contributed by atoms with van der Waals surface area (Å²) >= 11 is 0. The van der Waals surface area contributed by atoms with Gasteiger partial charge in [-0.05, 0) is 31.2 Å². The Morgan fingerprint density at radius 3 is 2.58 bits per heavy atom. The fourth-order valence-corrected chi connectivity index (χ4v) is 2.89. The van der Waals surface area contributed by atoms with Gasteiger partial charge in [0, 0.05) is 31.6 Å². The van der Waals surface area contributed by atoms with Crippen LogP contribution in [0.25, 0.3) is 0 Å². The minimum Gasteiger partial charge on any atom is -0.481 e. The zero-order valence-electron chi connectivity index (χ0n) is 13.4. The number of alkyl halides is 1. The number of amides is 2. The molecule has 0 aromatic heterocycles. The van der Waals surface area contributed by atoms with E-state index in [1.54, 1.807) is 11.0 Å². The monoisotopic (exact) mass is 340 g/mol. The van der Waals surface area contributed by atoms with Crippen LogP contribution in [0, 0.1) is 11.7 Å². The van der Waals surface area contributed by atoms with E-state index in [1.807, 2.05) is 0 Å². The maximum Gasteiger partial charge on any atom is 0.317 e. The van der Waals surface area contributed by atoms with E-state index in [4.69, 9.17) is 5.11 Å². The highest BCUT2D eigenvalue weighted by molar-refractivity contribution is 5.74. The smallest absolute Gasteiger partial charge is 0.317 e. The maximum atomic E-state index is 14.5. The molecule has 2 N–H and O–H groups in total. The van der Waals surface area contributed by atoms with Crippen LogP contribution in [0.4, 0.5) is 13.6 Å². The van der Waals surface area contributed by atoms with E-state index in [0.717, 1.165) is 0 Å². The highest BCUT2D eigenvalue weighted by Crippen LogP contribution is 2.34. The molecule has 1 atom stereocenters. The molecule has 1 aromatic rings. The molecule has 2 amide bonds. The number of piperidine rings is 1. The first-order valence-electron chi connectivity index (χ1n) is 8.12. The van der Waals surface area contributed by atoms with Gasteiger partial charge in [-0.25, -0.2) is 13.6 Å². The number of halogens is 2. The molecule has 1 aliphatic heterocycles. The molecule has 0 aliphatic carbocycles. The Labute approximate surface area is 139 Å². The largest absolute Gasteiger partial charge is 0.481 e. The molecule has 0 saturated carbocycles. The first kappa shape index (κ1) is 18.2. The summed E-state index contributed by atoms with van der Waals surface area (Å²) in [5.41, 5.74) is 0.0778. The summed E-state index contributed by atoms with van der Waals surface area (Å²) in [4.78, 5) is 23.9. The number of rotatable bonds is 6. The molecule has 1 aliphatic rings. The van der Waals surface area contributed by atoms with Crippen molar-refractivity contribution in [2.75, 3.05) is 19.6 Å². The number of hydrogen-bond acceptors (Lipinski definition) is 2. The summed E-state index contributed by atoms with van der Waals surface area (Å²) in [5.74, 6) is -1.74. The molecule has 1 heterocycles. The lowest BCUT2D eigenvalue weighted by molar-refractivity contribution is -0.137. The third-order valence-corrected chi connectivity index (χ3v) is 4.29. The highest BCUT2D eigenvalue weighted by atomic mass is 19.1. The Balaban J connectivity index is 1.77. The standard InChI is InChI=1S/C17H22F2N2O3/c18-14-5-2-1-4-13(14)16(19)12-7-10-21(11-8-12)17(24)20-9-3-6-15(22)23/h1-2,4-5,12,16H,3,6-11H2,(H,20,24)(H,22,23). The first-order valence-corrected chi connectivity index (χ1v) is 8.12. The van der Waals surface area contributed by atoms with Gasteiger partial charge in [0.1, 0.15) is 12.0 Å². The van der Waals surface area contributed by atoms with E-state index in [-0.39, 0.29) is 23.9 Å². The Morgan fingerprint density at radius 1 is 1.29 bits per heavy atom. The average Bonchev–Trinajstić information content (AvgIpc) is 2.58. The quantitative estimate of drug-likeness (QED) is 0.782. The predicted octanol–water partition coefficient (Wildman–Crippen LogP) is 3.12. The molecule has 5 nitrogen and oxygen atoms in total. The lowest BCUT2D eigenvalue weighted by Crippen LogP contribution is -2.45. The van der Waals surface area contributed by atoms with E-state index in [0.29, 0.717) is 38.9 Å². The third kappa shape index (κ3) is 4.91. The van der Waals surface area contributed by atoms with E-state index < -0.39 is 18.0 Å². The first-order chi connectivity index (χ1) is 11.5. The number of carbonyl (C=O) groups is 2. The van der Waals surface area contributed by atoms with Crippen molar-refractivity contribution in [3.63, 3.8) is 0 Å². The number of hydrogen-bond donors (Lipinski definition) is 2. The van der Waals surface area contributed by atoms with Crippen molar-refractivity contribution in [1.29, 1.82) is 0 Å². The Hall–Kier alpha value is -2.18. The molecular formula is C17H22F2N2O3. The van der Waals surface area contributed by atoms with Gasteiger partial charge in [0.25, 0.3) is 0 Å².